The monoisotopic (exact) mass is 658 g/mol. The van der Waals surface area contributed by atoms with E-state index in [0.29, 0.717) is 60.0 Å². The van der Waals surface area contributed by atoms with Gasteiger partial charge in [-0.15, -0.1) is 5.10 Å². The number of tetrazole rings is 1. The SMILES string of the molecule is CC(=O)Nc1ccc(Cl)c(-c2cccc(C[C@H](NC(=O)[C@H]3CC[C@H](CNC(=O)O)CC3)C(=O)Nc3ccc(-c4nnn[nH]4)cc3)c2)c1. The average Bonchev–Trinajstić information content (AvgIpc) is 3.60. The minimum absolute atomic E-state index is 0.170. The van der Waals surface area contributed by atoms with Gasteiger partial charge in [0.15, 0.2) is 5.82 Å². The van der Waals surface area contributed by atoms with Crippen molar-refractivity contribution in [2.24, 2.45) is 11.8 Å². The number of halogens is 1. The lowest BCUT2D eigenvalue weighted by molar-refractivity contribution is -0.130. The third kappa shape index (κ3) is 9.13. The number of anilines is 2. The summed E-state index contributed by atoms with van der Waals surface area (Å²) in [7, 11) is 0. The molecule has 1 saturated carbocycles. The number of benzene rings is 3. The number of hydrogen-bond donors (Lipinski definition) is 6. The second-order valence-corrected chi connectivity index (χ2v) is 12.0. The summed E-state index contributed by atoms with van der Waals surface area (Å²) in [4.78, 5) is 49.7. The van der Waals surface area contributed by atoms with E-state index in [1.807, 2.05) is 24.3 Å². The van der Waals surface area contributed by atoms with Crippen molar-refractivity contribution in [1.29, 1.82) is 0 Å². The van der Waals surface area contributed by atoms with Crippen molar-refractivity contribution >= 4 is 46.8 Å². The summed E-state index contributed by atoms with van der Waals surface area (Å²) < 4.78 is 0. The molecule has 47 heavy (non-hydrogen) atoms. The Morgan fingerprint density at radius 3 is 2.36 bits per heavy atom. The maximum Gasteiger partial charge on any atom is 0.404 e. The molecule has 1 aliphatic carbocycles. The van der Waals surface area contributed by atoms with Crippen LogP contribution in [-0.2, 0) is 20.8 Å². The second-order valence-electron chi connectivity index (χ2n) is 11.6. The molecule has 4 aromatic rings. The zero-order valence-corrected chi connectivity index (χ0v) is 26.4. The Kier molecular flexibility index (Phi) is 10.8. The fourth-order valence-electron chi connectivity index (χ4n) is 5.71. The lowest BCUT2D eigenvalue weighted by Crippen LogP contribution is -2.48. The highest BCUT2D eigenvalue weighted by atomic mass is 35.5. The molecule has 0 radical (unpaired) electrons. The maximum atomic E-state index is 13.7. The number of aromatic nitrogens is 4. The van der Waals surface area contributed by atoms with E-state index in [4.69, 9.17) is 16.7 Å². The number of carbonyl (C=O) groups is 4. The molecule has 6 N–H and O–H groups in total. The number of nitrogens with zero attached hydrogens (tertiary/aromatic N) is 3. The van der Waals surface area contributed by atoms with Gasteiger partial charge in [0, 0.05) is 53.3 Å². The van der Waals surface area contributed by atoms with Crippen LogP contribution in [-0.4, -0.2) is 62.1 Å². The third-order valence-corrected chi connectivity index (χ3v) is 8.46. The van der Waals surface area contributed by atoms with Gasteiger partial charge in [-0.25, -0.2) is 9.89 Å². The number of carboxylic acid groups (broad SMARTS) is 1. The van der Waals surface area contributed by atoms with E-state index in [1.54, 1.807) is 42.5 Å². The van der Waals surface area contributed by atoms with Crippen molar-refractivity contribution in [3.05, 3.63) is 77.3 Å². The molecule has 3 aromatic carbocycles. The molecule has 1 heterocycles. The molecule has 1 aromatic heterocycles. The van der Waals surface area contributed by atoms with E-state index in [9.17, 15) is 19.2 Å². The summed E-state index contributed by atoms with van der Waals surface area (Å²) in [6, 6.07) is 18.8. The molecule has 244 valence electrons. The normalized spacial score (nSPS) is 16.5. The lowest BCUT2D eigenvalue weighted by atomic mass is 9.81. The third-order valence-electron chi connectivity index (χ3n) is 8.13. The molecule has 1 aliphatic rings. The highest BCUT2D eigenvalue weighted by Gasteiger charge is 2.30. The van der Waals surface area contributed by atoms with Crippen molar-refractivity contribution in [2.75, 3.05) is 17.2 Å². The maximum absolute atomic E-state index is 13.7. The van der Waals surface area contributed by atoms with Gasteiger partial charge < -0.3 is 26.4 Å². The standard InChI is InChI=1S/C33H35ClN8O5/c1-19(43)36-26-13-14-28(34)27(17-26)24-4-2-3-21(15-24)16-29(38-31(44)23-7-5-20(6-8-23)18-35-33(46)47)32(45)37-25-11-9-22(10-12-25)30-39-41-42-40-30/h2-4,9-15,17,20,23,29,35H,5-8,16,18H2,1H3,(H,36,43)(H,37,45)(H,38,44)(H,46,47)(H,39,40,41,42)/t20-,23-,29-/m0/s1. The van der Waals surface area contributed by atoms with Crippen molar-refractivity contribution < 1.29 is 24.3 Å². The first-order chi connectivity index (χ1) is 22.6. The Hall–Kier alpha value is -5.30. The van der Waals surface area contributed by atoms with E-state index < -0.39 is 12.1 Å². The molecule has 0 bridgehead atoms. The number of H-pyrrole nitrogens is 1. The van der Waals surface area contributed by atoms with Crippen molar-refractivity contribution in [1.82, 2.24) is 31.3 Å². The molecule has 4 amide bonds. The number of amides is 4. The lowest BCUT2D eigenvalue weighted by Gasteiger charge is -2.29. The summed E-state index contributed by atoms with van der Waals surface area (Å²) in [6.45, 7) is 1.79. The van der Waals surface area contributed by atoms with Gasteiger partial charge >= 0.3 is 6.09 Å². The molecule has 0 saturated heterocycles. The van der Waals surface area contributed by atoms with Gasteiger partial charge in [0.25, 0.3) is 0 Å². The van der Waals surface area contributed by atoms with Crippen molar-refractivity contribution in [3.63, 3.8) is 0 Å². The summed E-state index contributed by atoms with van der Waals surface area (Å²) >= 11 is 6.53. The molecule has 1 fully saturated rings. The first-order valence-electron chi connectivity index (χ1n) is 15.2. The summed E-state index contributed by atoms with van der Waals surface area (Å²) in [5, 5.41) is 34.3. The van der Waals surface area contributed by atoms with Crippen LogP contribution in [0, 0.1) is 11.8 Å². The predicted octanol–water partition coefficient (Wildman–Crippen LogP) is 4.89. The number of rotatable bonds is 11. The van der Waals surface area contributed by atoms with E-state index in [-0.39, 0.29) is 36.0 Å². The molecular weight excluding hydrogens is 624 g/mol. The molecule has 0 unspecified atom stereocenters. The smallest absolute Gasteiger partial charge is 0.404 e. The van der Waals surface area contributed by atoms with Gasteiger partial charge in [-0.05, 0) is 95.6 Å². The van der Waals surface area contributed by atoms with Gasteiger partial charge in [-0.1, -0.05) is 35.9 Å². The van der Waals surface area contributed by atoms with Gasteiger partial charge in [0.2, 0.25) is 17.7 Å². The Balaban J connectivity index is 1.33. The summed E-state index contributed by atoms with van der Waals surface area (Å²) in [5.74, 6) is -0.435. The average molecular weight is 659 g/mol. The number of nitrogens with one attached hydrogen (secondary N) is 5. The zero-order chi connectivity index (χ0) is 33.3. The quantitative estimate of drug-likeness (QED) is 0.131. The molecule has 14 heteroatoms. The number of hydrogen-bond acceptors (Lipinski definition) is 7. The van der Waals surface area contributed by atoms with Gasteiger partial charge in [-0.3, -0.25) is 14.4 Å². The van der Waals surface area contributed by atoms with Crippen LogP contribution in [0.25, 0.3) is 22.5 Å². The van der Waals surface area contributed by atoms with Crippen LogP contribution in [0.1, 0.15) is 38.2 Å². The molecule has 0 aliphatic heterocycles. The predicted molar refractivity (Wildman–Crippen MR) is 177 cm³/mol. The Morgan fingerprint density at radius 2 is 1.68 bits per heavy atom. The van der Waals surface area contributed by atoms with E-state index in [0.717, 1.165) is 16.7 Å². The Bertz CT molecular complexity index is 1720. The zero-order valence-electron chi connectivity index (χ0n) is 25.6. The summed E-state index contributed by atoms with van der Waals surface area (Å²) in [6.07, 6.45) is 1.76. The van der Waals surface area contributed by atoms with Crippen LogP contribution in [0.2, 0.25) is 5.02 Å². The van der Waals surface area contributed by atoms with Gasteiger partial charge in [0.05, 0.1) is 0 Å². The first-order valence-corrected chi connectivity index (χ1v) is 15.6. The fraction of sp³-hybridized carbons (Fsp3) is 0.303. The van der Waals surface area contributed by atoms with Crippen LogP contribution in [0.15, 0.2) is 66.7 Å². The minimum atomic E-state index is -1.06. The van der Waals surface area contributed by atoms with Crippen molar-refractivity contribution in [2.45, 2.75) is 45.1 Å². The Labute approximate surface area is 275 Å². The van der Waals surface area contributed by atoms with Gasteiger partial charge in [0.1, 0.15) is 6.04 Å². The molecule has 0 spiro atoms. The fourth-order valence-corrected chi connectivity index (χ4v) is 5.94. The largest absolute Gasteiger partial charge is 0.465 e. The van der Waals surface area contributed by atoms with E-state index in [1.165, 1.54) is 6.92 Å². The number of aromatic amines is 1. The molecule has 13 nitrogen and oxygen atoms in total. The number of carbonyl (C=O) groups excluding carboxylic acids is 3. The first kappa shape index (κ1) is 33.1. The van der Waals surface area contributed by atoms with Crippen molar-refractivity contribution in [3.8, 4) is 22.5 Å². The molecular formula is C33H35ClN8O5. The van der Waals surface area contributed by atoms with Gasteiger partial charge in [-0.2, -0.15) is 0 Å². The van der Waals surface area contributed by atoms with Crippen LogP contribution >= 0.6 is 11.6 Å². The van der Waals surface area contributed by atoms with E-state index >= 15 is 0 Å². The summed E-state index contributed by atoms with van der Waals surface area (Å²) in [5.41, 5.74) is 4.17. The van der Waals surface area contributed by atoms with Crippen LogP contribution in [0.3, 0.4) is 0 Å². The highest BCUT2D eigenvalue weighted by molar-refractivity contribution is 6.33. The minimum Gasteiger partial charge on any atom is -0.465 e. The van der Waals surface area contributed by atoms with Crippen LogP contribution in [0.5, 0.6) is 0 Å². The topological polar surface area (TPSA) is 191 Å². The second kappa shape index (κ2) is 15.3. The molecule has 1 atom stereocenters. The van der Waals surface area contributed by atoms with Crippen LogP contribution < -0.4 is 21.3 Å². The van der Waals surface area contributed by atoms with Crippen LogP contribution in [0.4, 0.5) is 16.2 Å². The molecule has 5 rings (SSSR count). The Morgan fingerprint density at radius 1 is 0.936 bits per heavy atom. The van der Waals surface area contributed by atoms with E-state index in [2.05, 4.69) is 41.9 Å². The highest BCUT2D eigenvalue weighted by Crippen LogP contribution is 2.32.